The number of carbonyl (C=O) groups is 1. The van der Waals surface area contributed by atoms with E-state index in [9.17, 15) is 10.1 Å². The lowest BCUT2D eigenvalue weighted by atomic mass is 10.0. The van der Waals surface area contributed by atoms with Gasteiger partial charge in [0, 0.05) is 6.42 Å². The summed E-state index contributed by atoms with van der Waals surface area (Å²) in [6, 6.07) is 24.0. The first-order valence-corrected chi connectivity index (χ1v) is 10.5. The van der Waals surface area contributed by atoms with Gasteiger partial charge in [-0.3, -0.25) is 4.79 Å². The Bertz CT molecular complexity index is 1130. The second-order valence-electron chi connectivity index (χ2n) is 7.05. The number of para-hydroxylation sites is 1. The summed E-state index contributed by atoms with van der Waals surface area (Å²) in [4.78, 5) is 12.1. The first-order chi connectivity index (χ1) is 16.1. The first kappa shape index (κ1) is 23.4. The van der Waals surface area contributed by atoms with Crippen molar-refractivity contribution in [2.45, 2.75) is 12.8 Å². The van der Waals surface area contributed by atoms with Gasteiger partial charge in [-0.05, 0) is 66.1 Å². The van der Waals surface area contributed by atoms with Crippen molar-refractivity contribution in [3.63, 3.8) is 0 Å². The van der Waals surface area contributed by atoms with Crippen LogP contribution in [0.1, 0.15) is 24.0 Å². The number of allylic oxidation sites excluding steroid dienone is 1. The minimum atomic E-state index is -0.321. The molecule has 0 spiro atoms. The van der Waals surface area contributed by atoms with Crippen molar-refractivity contribution in [1.82, 2.24) is 0 Å². The summed E-state index contributed by atoms with van der Waals surface area (Å²) in [5, 5.41) is 9.61. The largest absolute Gasteiger partial charge is 0.494 e. The predicted octanol–water partition coefficient (Wildman–Crippen LogP) is 5.53. The molecule has 0 saturated carbocycles. The highest BCUT2D eigenvalue weighted by Crippen LogP contribution is 2.31. The van der Waals surface area contributed by atoms with E-state index in [1.165, 1.54) is 0 Å². The molecule has 0 unspecified atom stereocenters. The fourth-order valence-electron chi connectivity index (χ4n) is 3.09. The maximum atomic E-state index is 12.1. The minimum Gasteiger partial charge on any atom is -0.494 e. The van der Waals surface area contributed by atoms with E-state index in [0.29, 0.717) is 41.4 Å². The third-order valence-electron chi connectivity index (χ3n) is 4.77. The van der Waals surface area contributed by atoms with E-state index in [1.807, 2.05) is 30.3 Å². The highest BCUT2D eigenvalue weighted by molar-refractivity contribution is 5.90. The molecule has 6 heteroatoms. The molecule has 0 radical (unpaired) electrons. The van der Waals surface area contributed by atoms with Crippen LogP contribution in [-0.4, -0.2) is 26.8 Å². The SMILES string of the molecule is COc1ccc(/C(C#N)=C\c2ccc(OC(=O)CCCOc3ccccc3)cc2)cc1OC. The van der Waals surface area contributed by atoms with Gasteiger partial charge < -0.3 is 18.9 Å². The number of hydrogen-bond donors (Lipinski definition) is 0. The molecule has 0 aliphatic carbocycles. The van der Waals surface area contributed by atoms with Gasteiger partial charge in [-0.2, -0.15) is 5.26 Å². The topological polar surface area (TPSA) is 77.8 Å². The molecule has 0 atom stereocenters. The van der Waals surface area contributed by atoms with Gasteiger partial charge in [-0.25, -0.2) is 0 Å². The Labute approximate surface area is 193 Å². The molecule has 0 bridgehead atoms. The minimum absolute atomic E-state index is 0.256. The molecule has 3 aromatic carbocycles. The maximum Gasteiger partial charge on any atom is 0.311 e. The number of carbonyl (C=O) groups excluding carboxylic acids is 1. The number of methoxy groups -OCH3 is 2. The maximum absolute atomic E-state index is 12.1. The summed E-state index contributed by atoms with van der Waals surface area (Å²) in [6.45, 7) is 0.440. The van der Waals surface area contributed by atoms with Gasteiger partial charge in [0.15, 0.2) is 11.5 Å². The van der Waals surface area contributed by atoms with Crippen LogP contribution >= 0.6 is 0 Å². The fourth-order valence-corrected chi connectivity index (χ4v) is 3.09. The molecule has 0 heterocycles. The van der Waals surface area contributed by atoms with Crippen molar-refractivity contribution < 1.29 is 23.7 Å². The lowest BCUT2D eigenvalue weighted by molar-refractivity contribution is -0.134. The number of rotatable bonds is 10. The van der Waals surface area contributed by atoms with E-state index < -0.39 is 0 Å². The molecular formula is C27H25NO5. The summed E-state index contributed by atoms with van der Waals surface area (Å²) >= 11 is 0. The number of esters is 1. The van der Waals surface area contributed by atoms with Crippen molar-refractivity contribution in [2.75, 3.05) is 20.8 Å². The molecule has 33 heavy (non-hydrogen) atoms. The van der Waals surface area contributed by atoms with Crippen molar-refractivity contribution in [2.24, 2.45) is 0 Å². The smallest absolute Gasteiger partial charge is 0.311 e. The third kappa shape index (κ3) is 6.88. The van der Waals surface area contributed by atoms with Gasteiger partial charge in [0.25, 0.3) is 0 Å². The Kier molecular flexibility index (Phi) is 8.49. The summed E-state index contributed by atoms with van der Waals surface area (Å²) in [7, 11) is 3.11. The molecule has 0 aromatic heterocycles. The van der Waals surface area contributed by atoms with Crippen LogP contribution < -0.4 is 18.9 Å². The van der Waals surface area contributed by atoms with E-state index >= 15 is 0 Å². The van der Waals surface area contributed by atoms with Crippen molar-refractivity contribution >= 4 is 17.6 Å². The van der Waals surface area contributed by atoms with E-state index in [2.05, 4.69) is 6.07 Å². The number of ether oxygens (including phenoxy) is 4. The summed E-state index contributed by atoms with van der Waals surface area (Å²) < 4.78 is 21.5. The molecule has 0 aliphatic heterocycles. The van der Waals surface area contributed by atoms with Gasteiger partial charge in [-0.15, -0.1) is 0 Å². The molecule has 6 nitrogen and oxygen atoms in total. The Morgan fingerprint density at radius 1 is 0.909 bits per heavy atom. The zero-order chi connectivity index (χ0) is 23.5. The summed E-state index contributed by atoms with van der Waals surface area (Å²) in [5.41, 5.74) is 1.99. The zero-order valence-corrected chi connectivity index (χ0v) is 18.6. The van der Waals surface area contributed by atoms with Gasteiger partial charge >= 0.3 is 5.97 Å². The van der Waals surface area contributed by atoms with Gasteiger partial charge in [0.2, 0.25) is 0 Å². The fraction of sp³-hybridized carbons (Fsp3) is 0.185. The highest BCUT2D eigenvalue weighted by Gasteiger charge is 2.09. The second kappa shape index (κ2) is 12.0. The molecule has 168 valence electrons. The monoisotopic (exact) mass is 443 g/mol. The predicted molar refractivity (Wildman–Crippen MR) is 126 cm³/mol. The van der Waals surface area contributed by atoms with Crippen LogP contribution in [0.5, 0.6) is 23.0 Å². The molecular weight excluding hydrogens is 418 g/mol. The summed E-state index contributed by atoms with van der Waals surface area (Å²) in [5.74, 6) is 2.05. The van der Waals surface area contributed by atoms with E-state index in [-0.39, 0.29) is 12.4 Å². The van der Waals surface area contributed by atoms with Crippen LogP contribution in [0.25, 0.3) is 11.6 Å². The lowest BCUT2D eigenvalue weighted by Crippen LogP contribution is -2.09. The third-order valence-corrected chi connectivity index (χ3v) is 4.77. The van der Waals surface area contributed by atoms with Crippen LogP contribution in [0.3, 0.4) is 0 Å². The Hall–Kier alpha value is -4.24. The quantitative estimate of drug-likeness (QED) is 0.135. The van der Waals surface area contributed by atoms with E-state index in [1.54, 1.807) is 62.8 Å². The molecule has 0 aliphatic rings. The van der Waals surface area contributed by atoms with Gasteiger partial charge in [0.1, 0.15) is 11.5 Å². The molecule has 3 aromatic rings. The molecule has 0 fully saturated rings. The highest BCUT2D eigenvalue weighted by atomic mass is 16.5. The molecule has 3 rings (SSSR count). The van der Waals surface area contributed by atoms with E-state index in [0.717, 1.165) is 11.3 Å². The van der Waals surface area contributed by atoms with Crippen molar-refractivity contribution in [3.8, 4) is 29.1 Å². The molecule has 0 N–H and O–H groups in total. The molecule has 0 amide bonds. The number of nitriles is 1. The number of benzene rings is 3. The first-order valence-electron chi connectivity index (χ1n) is 10.5. The van der Waals surface area contributed by atoms with Crippen LogP contribution in [-0.2, 0) is 4.79 Å². The van der Waals surface area contributed by atoms with Crippen LogP contribution in [0.15, 0.2) is 72.8 Å². The van der Waals surface area contributed by atoms with Crippen LogP contribution in [0, 0.1) is 11.3 Å². The number of nitrogens with zero attached hydrogens (tertiary/aromatic N) is 1. The second-order valence-corrected chi connectivity index (χ2v) is 7.05. The van der Waals surface area contributed by atoms with Gasteiger partial charge in [0.05, 0.1) is 32.5 Å². The van der Waals surface area contributed by atoms with E-state index in [4.69, 9.17) is 18.9 Å². The van der Waals surface area contributed by atoms with Gasteiger partial charge in [-0.1, -0.05) is 30.3 Å². The molecule has 0 saturated heterocycles. The lowest BCUT2D eigenvalue weighted by Gasteiger charge is -2.09. The van der Waals surface area contributed by atoms with Crippen LogP contribution in [0.2, 0.25) is 0 Å². The Morgan fingerprint density at radius 2 is 1.64 bits per heavy atom. The normalized spacial score (nSPS) is 10.8. The Balaban J connectivity index is 1.56. The number of hydrogen-bond acceptors (Lipinski definition) is 6. The van der Waals surface area contributed by atoms with Crippen LogP contribution in [0.4, 0.5) is 0 Å². The van der Waals surface area contributed by atoms with Crippen molar-refractivity contribution in [1.29, 1.82) is 5.26 Å². The average Bonchev–Trinajstić information content (AvgIpc) is 2.86. The standard InChI is InChI=1S/C27H25NO5/c1-30-25-15-12-21(18-26(25)31-2)22(19-28)17-20-10-13-24(14-11-20)33-27(29)9-6-16-32-23-7-4-3-5-8-23/h3-5,7-8,10-15,17-18H,6,9,16H2,1-2H3/b22-17-. The summed E-state index contributed by atoms with van der Waals surface area (Å²) in [6.07, 6.45) is 2.57. The zero-order valence-electron chi connectivity index (χ0n) is 18.6. The Morgan fingerprint density at radius 3 is 2.30 bits per heavy atom. The average molecular weight is 443 g/mol. The van der Waals surface area contributed by atoms with Crippen molar-refractivity contribution in [3.05, 3.63) is 83.9 Å².